The number of ether oxygens (including phenoxy) is 3. The number of hydrazone groups is 1. The second-order valence-corrected chi connectivity index (χ2v) is 6.55. The van der Waals surface area contributed by atoms with Crippen LogP contribution in [0.15, 0.2) is 71.8 Å². The van der Waals surface area contributed by atoms with E-state index in [9.17, 15) is 14.9 Å². The molecule has 0 aliphatic carbocycles. The number of amides is 1. The molecule has 1 N–H and O–H groups in total. The molecule has 32 heavy (non-hydrogen) atoms. The van der Waals surface area contributed by atoms with E-state index in [0.29, 0.717) is 22.8 Å². The van der Waals surface area contributed by atoms with Crippen molar-refractivity contribution in [1.29, 1.82) is 0 Å². The van der Waals surface area contributed by atoms with Crippen molar-refractivity contribution in [2.45, 2.75) is 6.61 Å². The number of hydrogen-bond donors (Lipinski definition) is 1. The lowest BCUT2D eigenvalue weighted by atomic mass is 10.2. The molecule has 0 spiro atoms. The van der Waals surface area contributed by atoms with Gasteiger partial charge in [0.2, 0.25) is 0 Å². The van der Waals surface area contributed by atoms with Gasteiger partial charge in [-0.25, -0.2) is 5.43 Å². The summed E-state index contributed by atoms with van der Waals surface area (Å²) in [5.41, 5.74) is 4.47. The fourth-order valence-corrected chi connectivity index (χ4v) is 2.74. The van der Waals surface area contributed by atoms with E-state index < -0.39 is 4.92 Å². The molecule has 0 aliphatic rings. The van der Waals surface area contributed by atoms with Crippen molar-refractivity contribution in [2.24, 2.45) is 5.10 Å². The molecule has 0 fully saturated rings. The van der Waals surface area contributed by atoms with Crippen molar-refractivity contribution in [3.8, 4) is 17.2 Å². The first-order valence-electron chi connectivity index (χ1n) is 9.52. The van der Waals surface area contributed by atoms with Crippen LogP contribution in [0.1, 0.15) is 21.5 Å². The Morgan fingerprint density at radius 3 is 2.31 bits per heavy atom. The van der Waals surface area contributed by atoms with Gasteiger partial charge in [-0.1, -0.05) is 0 Å². The smallest absolute Gasteiger partial charge is 0.271 e. The number of nitro groups is 1. The molecule has 1 amide bonds. The quantitative estimate of drug-likeness (QED) is 0.309. The van der Waals surface area contributed by atoms with Gasteiger partial charge in [-0.05, 0) is 65.7 Å². The third-order valence-electron chi connectivity index (χ3n) is 4.46. The zero-order chi connectivity index (χ0) is 22.9. The number of non-ortho nitro benzene ring substituents is 1. The van der Waals surface area contributed by atoms with E-state index in [1.54, 1.807) is 54.6 Å². The number of hydrogen-bond acceptors (Lipinski definition) is 7. The Morgan fingerprint density at radius 2 is 1.69 bits per heavy atom. The van der Waals surface area contributed by atoms with Crippen molar-refractivity contribution in [3.63, 3.8) is 0 Å². The Morgan fingerprint density at radius 1 is 1.00 bits per heavy atom. The van der Waals surface area contributed by atoms with E-state index in [4.69, 9.17) is 14.2 Å². The molecule has 0 aromatic heterocycles. The van der Waals surface area contributed by atoms with Gasteiger partial charge >= 0.3 is 0 Å². The molecule has 0 radical (unpaired) electrons. The Hall–Kier alpha value is -4.40. The molecule has 0 saturated carbocycles. The van der Waals surface area contributed by atoms with Crippen LogP contribution in [0, 0.1) is 10.1 Å². The van der Waals surface area contributed by atoms with Crippen molar-refractivity contribution >= 4 is 17.8 Å². The van der Waals surface area contributed by atoms with Crippen molar-refractivity contribution in [2.75, 3.05) is 14.2 Å². The number of nitro benzene ring substituents is 1. The largest absolute Gasteiger partial charge is 0.493 e. The first kappa shape index (κ1) is 22.3. The highest BCUT2D eigenvalue weighted by atomic mass is 16.6. The van der Waals surface area contributed by atoms with Gasteiger partial charge in [0, 0.05) is 17.7 Å². The number of carbonyl (C=O) groups excluding carboxylic acids is 1. The molecular formula is C23H21N3O6. The molecule has 0 bridgehead atoms. The molecule has 9 nitrogen and oxygen atoms in total. The number of nitrogens with zero attached hydrogens (tertiary/aromatic N) is 2. The summed E-state index contributed by atoms with van der Waals surface area (Å²) in [7, 11) is 3.02. The Balaban J connectivity index is 1.52. The number of benzene rings is 3. The normalized spacial score (nSPS) is 10.6. The highest BCUT2D eigenvalue weighted by molar-refractivity contribution is 5.95. The molecule has 0 atom stereocenters. The van der Waals surface area contributed by atoms with Crippen LogP contribution in [0.25, 0.3) is 0 Å². The van der Waals surface area contributed by atoms with E-state index in [-0.39, 0.29) is 18.2 Å². The maximum absolute atomic E-state index is 12.3. The van der Waals surface area contributed by atoms with E-state index in [2.05, 4.69) is 10.5 Å². The average molecular weight is 435 g/mol. The molecular weight excluding hydrogens is 414 g/mol. The van der Waals surface area contributed by atoms with Crippen LogP contribution >= 0.6 is 0 Å². The molecule has 0 heterocycles. The Bertz CT molecular complexity index is 1110. The topological polar surface area (TPSA) is 112 Å². The summed E-state index contributed by atoms with van der Waals surface area (Å²) in [5.74, 6) is 1.23. The van der Waals surface area contributed by atoms with Gasteiger partial charge in [-0.2, -0.15) is 5.10 Å². The molecule has 0 unspecified atom stereocenters. The van der Waals surface area contributed by atoms with Crippen molar-refractivity contribution in [3.05, 3.63) is 93.5 Å². The molecule has 3 aromatic carbocycles. The molecule has 164 valence electrons. The lowest BCUT2D eigenvalue weighted by Gasteiger charge is -2.08. The third-order valence-corrected chi connectivity index (χ3v) is 4.46. The lowest BCUT2D eigenvalue weighted by molar-refractivity contribution is -0.384. The fraction of sp³-hybridized carbons (Fsp3) is 0.130. The van der Waals surface area contributed by atoms with Crippen LogP contribution in [0.2, 0.25) is 0 Å². The van der Waals surface area contributed by atoms with E-state index in [0.717, 1.165) is 11.1 Å². The Kier molecular flexibility index (Phi) is 7.37. The van der Waals surface area contributed by atoms with Gasteiger partial charge in [0.1, 0.15) is 12.4 Å². The summed E-state index contributed by atoms with van der Waals surface area (Å²) in [6.45, 7) is 0.285. The van der Waals surface area contributed by atoms with E-state index in [1.165, 1.54) is 32.6 Å². The summed E-state index contributed by atoms with van der Waals surface area (Å²) in [4.78, 5) is 22.5. The minimum atomic E-state index is -0.443. The Labute approximate surface area is 184 Å². The van der Waals surface area contributed by atoms with E-state index in [1.807, 2.05) is 0 Å². The zero-order valence-electron chi connectivity index (χ0n) is 17.5. The predicted molar refractivity (Wildman–Crippen MR) is 118 cm³/mol. The van der Waals surface area contributed by atoms with Gasteiger partial charge in [0.15, 0.2) is 11.5 Å². The second kappa shape index (κ2) is 10.6. The number of methoxy groups -OCH3 is 2. The number of rotatable bonds is 9. The maximum Gasteiger partial charge on any atom is 0.271 e. The highest BCUT2D eigenvalue weighted by Gasteiger charge is 2.10. The third kappa shape index (κ3) is 5.82. The molecule has 9 heteroatoms. The van der Waals surface area contributed by atoms with Gasteiger partial charge in [-0.15, -0.1) is 0 Å². The zero-order valence-corrected chi connectivity index (χ0v) is 17.5. The standard InChI is InChI=1S/C23H21N3O6/c1-30-21-12-7-18(13-22(21)31-2)23(27)25-24-14-16-5-10-20(11-6-16)32-15-17-3-8-19(9-4-17)26(28)29/h3-14H,15H2,1-2H3,(H,25,27). The van der Waals surface area contributed by atoms with Crippen LogP contribution in [0.3, 0.4) is 0 Å². The summed E-state index contributed by atoms with van der Waals surface area (Å²) >= 11 is 0. The lowest BCUT2D eigenvalue weighted by Crippen LogP contribution is -2.17. The van der Waals surface area contributed by atoms with E-state index >= 15 is 0 Å². The van der Waals surface area contributed by atoms with Gasteiger partial charge in [0.25, 0.3) is 11.6 Å². The highest BCUT2D eigenvalue weighted by Crippen LogP contribution is 2.27. The average Bonchev–Trinajstić information content (AvgIpc) is 2.83. The van der Waals surface area contributed by atoms with Crippen LogP contribution in [0.4, 0.5) is 5.69 Å². The maximum atomic E-state index is 12.3. The van der Waals surface area contributed by atoms with Gasteiger partial charge < -0.3 is 14.2 Å². The summed E-state index contributed by atoms with van der Waals surface area (Å²) < 4.78 is 16.0. The molecule has 0 aliphatic heterocycles. The molecule has 0 saturated heterocycles. The van der Waals surface area contributed by atoms with Crippen LogP contribution < -0.4 is 19.6 Å². The van der Waals surface area contributed by atoms with Crippen molar-refractivity contribution < 1.29 is 23.9 Å². The fourth-order valence-electron chi connectivity index (χ4n) is 2.74. The van der Waals surface area contributed by atoms with Gasteiger partial charge in [0.05, 0.1) is 25.4 Å². The summed E-state index contributed by atoms with van der Waals surface area (Å²) in [6.07, 6.45) is 1.51. The first-order chi connectivity index (χ1) is 15.5. The number of nitrogens with one attached hydrogen (secondary N) is 1. The summed E-state index contributed by atoms with van der Waals surface area (Å²) in [6, 6.07) is 18.1. The predicted octanol–water partition coefficient (Wildman–Crippen LogP) is 3.95. The molecule has 3 rings (SSSR count). The van der Waals surface area contributed by atoms with Crippen LogP contribution in [-0.2, 0) is 6.61 Å². The van der Waals surface area contributed by atoms with Crippen LogP contribution in [0.5, 0.6) is 17.2 Å². The van der Waals surface area contributed by atoms with Gasteiger partial charge in [-0.3, -0.25) is 14.9 Å². The first-order valence-corrected chi connectivity index (χ1v) is 9.52. The SMILES string of the molecule is COc1ccc(C(=O)NN=Cc2ccc(OCc3ccc([N+](=O)[O-])cc3)cc2)cc1OC. The monoisotopic (exact) mass is 435 g/mol. The molecule has 3 aromatic rings. The number of carbonyl (C=O) groups is 1. The van der Waals surface area contributed by atoms with Crippen LogP contribution in [-0.4, -0.2) is 31.3 Å². The van der Waals surface area contributed by atoms with Crippen molar-refractivity contribution in [1.82, 2.24) is 5.43 Å². The minimum absolute atomic E-state index is 0.0376. The second-order valence-electron chi connectivity index (χ2n) is 6.55. The summed E-state index contributed by atoms with van der Waals surface area (Å²) in [5, 5.41) is 14.7. The minimum Gasteiger partial charge on any atom is -0.493 e.